The van der Waals surface area contributed by atoms with Gasteiger partial charge in [0.25, 0.3) is 0 Å². The smallest absolute Gasteiger partial charge is 0.0671 e. The molecule has 0 heterocycles. The first kappa shape index (κ1) is 11.4. The van der Waals surface area contributed by atoms with Crippen LogP contribution in [0.3, 0.4) is 0 Å². The molecule has 0 radical (unpaired) electrons. The Bertz CT molecular complexity index is 202. The maximum atomic E-state index is 9.26. The third kappa shape index (κ3) is 2.92. The fraction of sp³-hybridized carbons (Fsp3) is 1.00. The fourth-order valence-electron chi connectivity index (χ4n) is 2.24. The van der Waals surface area contributed by atoms with Crippen molar-refractivity contribution in [2.45, 2.75) is 44.1 Å². The summed E-state index contributed by atoms with van der Waals surface area (Å²) >= 11 is 0. The van der Waals surface area contributed by atoms with E-state index in [2.05, 4.69) is 0 Å². The standard InChI is InChI=1S/C12H23NO2/c13-12(8-14,11-4-5-11)9-15-7-6-10-2-1-3-10/h10-11,14H,1-9,13H2. The van der Waals surface area contributed by atoms with Gasteiger partial charge in [-0.1, -0.05) is 19.3 Å². The minimum atomic E-state index is -0.459. The van der Waals surface area contributed by atoms with Gasteiger partial charge in [0.1, 0.15) is 0 Å². The molecule has 3 N–H and O–H groups in total. The number of nitrogens with two attached hydrogens (primary N) is 1. The largest absolute Gasteiger partial charge is 0.394 e. The summed E-state index contributed by atoms with van der Waals surface area (Å²) in [5.41, 5.74) is 5.63. The van der Waals surface area contributed by atoms with Gasteiger partial charge in [-0.2, -0.15) is 0 Å². The molecule has 0 amide bonds. The molecule has 88 valence electrons. The van der Waals surface area contributed by atoms with Crippen LogP contribution in [0.1, 0.15) is 38.5 Å². The molecule has 0 aliphatic heterocycles. The van der Waals surface area contributed by atoms with E-state index in [1.165, 1.54) is 25.7 Å². The monoisotopic (exact) mass is 213 g/mol. The van der Waals surface area contributed by atoms with E-state index >= 15 is 0 Å². The average Bonchev–Trinajstić information content (AvgIpc) is 2.97. The van der Waals surface area contributed by atoms with Crippen molar-refractivity contribution in [3.05, 3.63) is 0 Å². The van der Waals surface area contributed by atoms with Crippen molar-refractivity contribution in [1.82, 2.24) is 0 Å². The van der Waals surface area contributed by atoms with Crippen molar-refractivity contribution < 1.29 is 9.84 Å². The Morgan fingerprint density at radius 3 is 2.47 bits per heavy atom. The van der Waals surface area contributed by atoms with Gasteiger partial charge in [0.15, 0.2) is 0 Å². The Labute approximate surface area is 92.0 Å². The molecule has 0 aromatic heterocycles. The van der Waals surface area contributed by atoms with Gasteiger partial charge in [0.05, 0.1) is 18.8 Å². The first-order valence-electron chi connectivity index (χ1n) is 6.22. The third-order valence-corrected chi connectivity index (χ3v) is 3.95. The summed E-state index contributed by atoms with van der Waals surface area (Å²) in [6, 6.07) is 0. The summed E-state index contributed by atoms with van der Waals surface area (Å²) in [7, 11) is 0. The second-order valence-corrected chi connectivity index (χ2v) is 5.30. The Hall–Kier alpha value is -0.120. The molecule has 3 nitrogen and oxygen atoms in total. The molecule has 0 saturated heterocycles. The molecule has 0 aromatic carbocycles. The minimum absolute atomic E-state index is 0.0566. The number of aliphatic hydroxyl groups is 1. The van der Waals surface area contributed by atoms with Crippen molar-refractivity contribution in [2.24, 2.45) is 17.6 Å². The Morgan fingerprint density at radius 2 is 2.00 bits per heavy atom. The van der Waals surface area contributed by atoms with Gasteiger partial charge >= 0.3 is 0 Å². The van der Waals surface area contributed by atoms with E-state index in [-0.39, 0.29) is 6.61 Å². The molecule has 0 bridgehead atoms. The molecular weight excluding hydrogens is 190 g/mol. The molecule has 2 saturated carbocycles. The summed E-state index contributed by atoms with van der Waals surface area (Å²) in [5.74, 6) is 1.39. The second-order valence-electron chi connectivity index (χ2n) is 5.30. The molecular formula is C12H23NO2. The molecule has 2 aliphatic rings. The normalized spacial score (nSPS) is 26.0. The predicted octanol–water partition coefficient (Wildman–Crippen LogP) is 1.29. The molecule has 0 aromatic rings. The molecule has 2 aliphatic carbocycles. The van der Waals surface area contributed by atoms with E-state index in [1.54, 1.807) is 0 Å². The summed E-state index contributed by atoms with van der Waals surface area (Å²) in [6.45, 7) is 1.40. The van der Waals surface area contributed by atoms with Crippen LogP contribution in [0.5, 0.6) is 0 Å². The zero-order valence-corrected chi connectivity index (χ0v) is 9.45. The lowest BCUT2D eigenvalue weighted by atomic mass is 9.83. The van der Waals surface area contributed by atoms with E-state index in [0.717, 1.165) is 25.4 Å². The average molecular weight is 213 g/mol. The van der Waals surface area contributed by atoms with Crippen molar-refractivity contribution in [1.29, 1.82) is 0 Å². The lowest BCUT2D eigenvalue weighted by molar-refractivity contribution is 0.0342. The summed E-state index contributed by atoms with van der Waals surface area (Å²) in [4.78, 5) is 0. The van der Waals surface area contributed by atoms with Gasteiger partial charge in [-0.15, -0.1) is 0 Å². The maximum Gasteiger partial charge on any atom is 0.0671 e. The zero-order valence-electron chi connectivity index (χ0n) is 9.45. The Kier molecular flexibility index (Phi) is 3.65. The van der Waals surface area contributed by atoms with Gasteiger partial charge in [-0.3, -0.25) is 0 Å². The summed E-state index contributed by atoms with van der Waals surface area (Å²) < 4.78 is 5.61. The first-order chi connectivity index (χ1) is 7.24. The van der Waals surface area contributed by atoms with E-state index < -0.39 is 5.54 Å². The van der Waals surface area contributed by atoms with Gasteiger partial charge in [-0.05, 0) is 31.1 Å². The van der Waals surface area contributed by atoms with Gasteiger partial charge < -0.3 is 15.6 Å². The minimum Gasteiger partial charge on any atom is -0.394 e. The van der Waals surface area contributed by atoms with Crippen LogP contribution in [-0.2, 0) is 4.74 Å². The van der Waals surface area contributed by atoms with Crippen LogP contribution >= 0.6 is 0 Å². The van der Waals surface area contributed by atoms with Crippen LogP contribution in [0.15, 0.2) is 0 Å². The molecule has 1 unspecified atom stereocenters. The van der Waals surface area contributed by atoms with Gasteiger partial charge in [-0.25, -0.2) is 0 Å². The quantitative estimate of drug-likeness (QED) is 0.627. The van der Waals surface area contributed by atoms with Crippen LogP contribution in [0.25, 0.3) is 0 Å². The highest BCUT2D eigenvalue weighted by Crippen LogP contribution is 2.38. The zero-order chi connectivity index (χ0) is 10.7. The Morgan fingerprint density at radius 1 is 1.27 bits per heavy atom. The SMILES string of the molecule is NC(CO)(COCCC1CCC1)C1CC1. The lowest BCUT2D eigenvalue weighted by Gasteiger charge is -2.28. The van der Waals surface area contributed by atoms with Gasteiger partial charge in [0, 0.05) is 6.61 Å². The summed E-state index contributed by atoms with van der Waals surface area (Å²) in [6.07, 6.45) is 7.63. The number of rotatable bonds is 7. The number of ether oxygens (including phenoxy) is 1. The number of aliphatic hydroxyl groups excluding tert-OH is 1. The molecule has 0 spiro atoms. The highest BCUT2D eigenvalue weighted by Gasteiger charge is 2.41. The lowest BCUT2D eigenvalue weighted by Crippen LogP contribution is -2.50. The molecule has 2 rings (SSSR count). The van der Waals surface area contributed by atoms with Crippen LogP contribution in [0, 0.1) is 11.8 Å². The maximum absolute atomic E-state index is 9.26. The van der Waals surface area contributed by atoms with Crippen molar-refractivity contribution >= 4 is 0 Å². The van der Waals surface area contributed by atoms with E-state index in [1.807, 2.05) is 0 Å². The second kappa shape index (κ2) is 4.81. The van der Waals surface area contributed by atoms with Crippen molar-refractivity contribution in [3.8, 4) is 0 Å². The highest BCUT2D eigenvalue weighted by molar-refractivity contribution is 4.98. The van der Waals surface area contributed by atoms with E-state index in [9.17, 15) is 5.11 Å². The summed E-state index contributed by atoms with van der Waals surface area (Å²) in [5, 5.41) is 9.26. The van der Waals surface area contributed by atoms with Gasteiger partial charge in [0.2, 0.25) is 0 Å². The molecule has 15 heavy (non-hydrogen) atoms. The van der Waals surface area contributed by atoms with E-state index in [0.29, 0.717) is 12.5 Å². The van der Waals surface area contributed by atoms with Crippen LogP contribution < -0.4 is 5.73 Å². The molecule has 1 atom stereocenters. The highest BCUT2D eigenvalue weighted by atomic mass is 16.5. The van der Waals surface area contributed by atoms with Crippen LogP contribution in [0.2, 0.25) is 0 Å². The third-order valence-electron chi connectivity index (χ3n) is 3.95. The predicted molar refractivity (Wildman–Crippen MR) is 59.5 cm³/mol. The van der Waals surface area contributed by atoms with Crippen LogP contribution in [-0.4, -0.2) is 30.5 Å². The van der Waals surface area contributed by atoms with Crippen LogP contribution in [0.4, 0.5) is 0 Å². The van der Waals surface area contributed by atoms with Crippen molar-refractivity contribution in [3.63, 3.8) is 0 Å². The Balaban J connectivity index is 1.58. The fourth-order valence-corrected chi connectivity index (χ4v) is 2.24. The molecule has 2 fully saturated rings. The first-order valence-corrected chi connectivity index (χ1v) is 6.22. The molecule has 3 heteroatoms. The number of hydrogen-bond acceptors (Lipinski definition) is 3. The van der Waals surface area contributed by atoms with E-state index in [4.69, 9.17) is 10.5 Å². The van der Waals surface area contributed by atoms with Crippen molar-refractivity contribution in [2.75, 3.05) is 19.8 Å². The number of hydrogen-bond donors (Lipinski definition) is 2. The topological polar surface area (TPSA) is 55.5 Å².